The third-order valence-corrected chi connectivity index (χ3v) is 5.56. The number of hydrogen-bond acceptors (Lipinski definition) is 4. The SMILES string of the molecule is CCN(C(=O)/C=C/c1ccccc1OC(F)F)C1CCS(=O)(=O)C1. The van der Waals surface area contributed by atoms with Gasteiger partial charge in [-0.05, 0) is 25.5 Å². The van der Waals surface area contributed by atoms with Crippen molar-refractivity contribution in [2.75, 3.05) is 18.1 Å². The first-order valence-electron chi connectivity index (χ1n) is 7.55. The zero-order valence-electron chi connectivity index (χ0n) is 13.2. The minimum atomic E-state index is -3.09. The van der Waals surface area contributed by atoms with Crippen molar-refractivity contribution < 1.29 is 26.7 Å². The second-order valence-electron chi connectivity index (χ2n) is 5.43. The summed E-state index contributed by atoms with van der Waals surface area (Å²) in [5, 5.41) is 0. The molecule has 0 radical (unpaired) electrons. The maximum Gasteiger partial charge on any atom is 0.387 e. The van der Waals surface area contributed by atoms with E-state index in [-0.39, 0.29) is 29.2 Å². The Morgan fingerprint density at radius 2 is 2.12 bits per heavy atom. The fourth-order valence-corrected chi connectivity index (χ4v) is 4.42. The molecule has 1 heterocycles. The number of hydrogen-bond donors (Lipinski definition) is 0. The number of carbonyl (C=O) groups excluding carboxylic acids is 1. The van der Waals surface area contributed by atoms with Crippen LogP contribution in [0.5, 0.6) is 5.75 Å². The Hall–Kier alpha value is -1.96. The minimum Gasteiger partial charge on any atom is -0.434 e. The number of sulfone groups is 1. The second-order valence-corrected chi connectivity index (χ2v) is 7.66. The Bertz CT molecular complexity index is 719. The average Bonchev–Trinajstić information content (AvgIpc) is 2.86. The van der Waals surface area contributed by atoms with Crippen LogP contribution >= 0.6 is 0 Å². The quantitative estimate of drug-likeness (QED) is 0.732. The van der Waals surface area contributed by atoms with E-state index < -0.39 is 16.4 Å². The lowest BCUT2D eigenvalue weighted by atomic mass is 10.1. The molecule has 1 aromatic carbocycles. The molecule has 1 saturated heterocycles. The number of ether oxygens (including phenoxy) is 1. The predicted octanol–water partition coefficient (Wildman–Crippen LogP) is 2.34. The van der Waals surface area contributed by atoms with Crippen LogP contribution in [0, 0.1) is 0 Å². The van der Waals surface area contributed by atoms with Gasteiger partial charge in [0.25, 0.3) is 0 Å². The van der Waals surface area contributed by atoms with Crippen LogP contribution in [0.25, 0.3) is 6.08 Å². The van der Waals surface area contributed by atoms with Crippen LogP contribution in [0.2, 0.25) is 0 Å². The molecule has 0 spiro atoms. The van der Waals surface area contributed by atoms with E-state index in [1.165, 1.54) is 23.1 Å². The van der Waals surface area contributed by atoms with Gasteiger partial charge in [0.15, 0.2) is 9.84 Å². The van der Waals surface area contributed by atoms with E-state index in [1.54, 1.807) is 25.1 Å². The van der Waals surface area contributed by atoms with Crippen molar-refractivity contribution in [3.05, 3.63) is 35.9 Å². The van der Waals surface area contributed by atoms with Crippen molar-refractivity contribution in [2.24, 2.45) is 0 Å². The van der Waals surface area contributed by atoms with E-state index in [4.69, 9.17) is 0 Å². The van der Waals surface area contributed by atoms with Crippen LogP contribution in [0.15, 0.2) is 30.3 Å². The molecule has 1 aliphatic heterocycles. The zero-order chi connectivity index (χ0) is 17.7. The predicted molar refractivity (Wildman–Crippen MR) is 86.6 cm³/mol. The van der Waals surface area contributed by atoms with Gasteiger partial charge in [-0.2, -0.15) is 8.78 Å². The van der Waals surface area contributed by atoms with Gasteiger partial charge in [-0.25, -0.2) is 8.42 Å². The highest BCUT2D eigenvalue weighted by atomic mass is 32.2. The van der Waals surface area contributed by atoms with Gasteiger partial charge < -0.3 is 9.64 Å². The normalized spacial score (nSPS) is 19.8. The van der Waals surface area contributed by atoms with Gasteiger partial charge in [0.2, 0.25) is 5.91 Å². The molecule has 24 heavy (non-hydrogen) atoms. The monoisotopic (exact) mass is 359 g/mol. The highest BCUT2D eigenvalue weighted by Gasteiger charge is 2.33. The molecule has 8 heteroatoms. The Morgan fingerprint density at radius 3 is 2.71 bits per heavy atom. The van der Waals surface area contributed by atoms with Gasteiger partial charge in [0, 0.05) is 24.2 Å². The topological polar surface area (TPSA) is 63.7 Å². The number of para-hydroxylation sites is 1. The lowest BCUT2D eigenvalue weighted by Crippen LogP contribution is -2.40. The Kier molecular flexibility index (Phi) is 5.93. The van der Waals surface area contributed by atoms with E-state index in [0.29, 0.717) is 18.5 Å². The van der Waals surface area contributed by atoms with Crippen LogP contribution < -0.4 is 4.74 Å². The molecule has 1 aliphatic rings. The van der Waals surface area contributed by atoms with Crippen molar-refractivity contribution in [3.63, 3.8) is 0 Å². The number of benzene rings is 1. The zero-order valence-corrected chi connectivity index (χ0v) is 14.0. The summed E-state index contributed by atoms with van der Waals surface area (Å²) in [4.78, 5) is 13.8. The largest absolute Gasteiger partial charge is 0.434 e. The summed E-state index contributed by atoms with van der Waals surface area (Å²) < 4.78 is 52.3. The maximum absolute atomic E-state index is 12.4. The minimum absolute atomic E-state index is 0.0250. The number of amides is 1. The van der Waals surface area contributed by atoms with Crippen molar-refractivity contribution in [3.8, 4) is 5.75 Å². The molecule has 1 fully saturated rings. The first-order chi connectivity index (χ1) is 11.3. The summed E-state index contributed by atoms with van der Waals surface area (Å²) in [6, 6.07) is 5.79. The molecule has 0 saturated carbocycles. The third kappa shape index (κ3) is 4.77. The molecule has 132 valence electrons. The Morgan fingerprint density at radius 1 is 1.42 bits per heavy atom. The summed E-state index contributed by atoms with van der Waals surface area (Å²) in [5.74, 6) is -0.337. The van der Waals surface area contributed by atoms with E-state index in [1.807, 2.05) is 0 Å². The number of carbonyl (C=O) groups is 1. The molecular weight excluding hydrogens is 340 g/mol. The molecule has 2 rings (SSSR count). The van der Waals surface area contributed by atoms with Crippen molar-refractivity contribution in [1.29, 1.82) is 0 Å². The van der Waals surface area contributed by atoms with Crippen LogP contribution in [0.1, 0.15) is 18.9 Å². The number of likely N-dealkylation sites (N-methyl/N-ethyl adjacent to an activating group) is 1. The van der Waals surface area contributed by atoms with E-state index >= 15 is 0 Å². The molecule has 5 nitrogen and oxygen atoms in total. The summed E-state index contributed by atoms with van der Waals surface area (Å²) in [6.45, 7) is -0.811. The van der Waals surface area contributed by atoms with E-state index in [2.05, 4.69) is 4.74 Å². The maximum atomic E-state index is 12.4. The average molecular weight is 359 g/mol. The van der Waals surface area contributed by atoms with Crippen molar-refractivity contribution >= 4 is 21.8 Å². The summed E-state index contributed by atoms with van der Waals surface area (Å²) in [7, 11) is -3.09. The highest BCUT2D eigenvalue weighted by molar-refractivity contribution is 7.91. The molecule has 1 amide bonds. The van der Waals surface area contributed by atoms with Gasteiger partial charge in [0.05, 0.1) is 11.5 Å². The fourth-order valence-electron chi connectivity index (χ4n) is 2.69. The fraction of sp³-hybridized carbons (Fsp3) is 0.438. The van der Waals surface area contributed by atoms with Gasteiger partial charge in [0.1, 0.15) is 5.75 Å². The molecule has 1 aromatic rings. The van der Waals surface area contributed by atoms with Crippen molar-refractivity contribution in [1.82, 2.24) is 4.90 Å². The number of halogens is 2. The Labute approximate surface area is 139 Å². The third-order valence-electron chi connectivity index (χ3n) is 3.81. The number of nitrogens with zero attached hydrogens (tertiary/aromatic N) is 1. The molecule has 0 bridgehead atoms. The van der Waals surface area contributed by atoms with Gasteiger partial charge >= 0.3 is 6.61 Å². The molecule has 0 aliphatic carbocycles. The smallest absolute Gasteiger partial charge is 0.387 e. The van der Waals surface area contributed by atoms with Crippen LogP contribution in [-0.2, 0) is 14.6 Å². The standard InChI is InChI=1S/C16H19F2NO4S/c1-2-19(13-9-10-24(21,22)11-13)15(20)8-7-12-5-3-4-6-14(12)23-16(17)18/h3-8,13,16H,2,9-11H2,1H3/b8-7+. The second kappa shape index (κ2) is 7.74. The van der Waals surface area contributed by atoms with Gasteiger partial charge in [-0.1, -0.05) is 18.2 Å². The molecule has 0 aromatic heterocycles. The number of alkyl halides is 2. The highest BCUT2D eigenvalue weighted by Crippen LogP contribution is 2.22. The van der Waals surface area contributed by atoms with E-state index in [9.17, 15) is 22.0 Å². The van der Waals surface area contributed by atoms with Gasteiger partial charge in [-0.3, -0.25) is 4.79 Å². The molecular formula is C16H19F2NO4S. The first kappa shape index (κ1) is 18.4. The molecule has 1 atom stereocenters. The first-order valence-corrected chi connectivity index (χ1v) is 9.37. The van der Waals surface area contributed by atoms with Crippen LogP contribution in [0.3, 0.4) is 0 Å². The summed E-state index contributed by atoms with van der Waals surface area (Å²) >= 11 is 0. The lowest BCUT2D eigenvalue weighted by Gasteiger charge is -2.25. The molecule has 1 unspecified atom stereocenters. The summed E-state index contributed by atoms with van der Waals surface area (Å²) in [6.07, 6.45) is 3.06. The lowest BCUT2D eigenvalue weighted by molar-refractivity contribution is -0.127. The van der Waals surface area contributed by atoms with Gasteiger partial charge in [-0.15, -0.1) is 0 Å². The number of rotatable bonds is 6. The van der Waals surface area contributed by atoms with Crippen molar-refractivity contribution in [2.45, 2.75) is 26.0 Å². The van der Waals surface area contributed by atoms with Crippen LogP contribution in [0.4, 0.5) is 8.78 Å². The molecule has 0 N–H and O–H groups in total. The Balaban J connectivity index is 2.12. The van der Waals surface area contributed by atoms with E-state index in [0.717, 1.165) is 0 Å². The van der Waals surface area contributed by atoms with Crippen LogP contribution in [-0.4, -0.2) is 49.9 Å². The summed E-state index contributed by atoms with van der Waals surface area (Å²) in [5.41, 5.74) is 0.348.